The number of carbonyl (C=O) groups excluding carboxylic acids is 1. The number of methoxy groups -OCH3 is 1. The molecule has 0 spiro atoms. The number of ether oxygens (including phenoxy) is 1. The van der Waals surface area contributed by atoms with Gasteiger partial charge < -0.3 is 10.5 Å². The number of fused-ring (bicyclic) bond motifs is 1. The van der Waals surface area contributed by atoms with Crippen molar-refractivity contribution >= 4 is 22.4 Å². The van der Waals surface area contributed by atoms with E-state index in [1.165, 1.54) is 11.7 Å². The zero-order chi connectivity index (χ0) is 22.8. The number of nitrogens with two attached hydrogens (primary N) is 1. The zero-order valence-electron chi connectivity index (χ0n) is 18.3. The molecule has 0 saturated heterocycles. The van der Waals surface area contributed by atoms with Crippen molar-refractivity contribution in [1.82, 2.24) is 14.5 Å². The van der Waals surface area contributed by atoms with E-state index in [0.717, 1.165) is 29.2 Å². The summed E-state index contributed by atoms with van der Waals surface area (Å²) in [5.74, 6) is -0.510. The van der Waals surface area contributed by atoms with E-state index in [9.17, 15) is 14.4 Å². The molecule has 3 N–H and O–H groups in total. The molecule has 32 heavy (non-hydrogen) atoms. The highest BCUT2D eigenvalue weighted by Crippen LogP contribution is 2.35. The summed E-state index contributed by atoms with van der Waals surface area (Å²) in [4.78, 5) is 42.2. The number of benzene rings is 2. The van der Waals surface area contributed by atoms with Crippen molar-refractivity contribution < 1.29 is 9.53 Å². The fraction of sp³-hybridized carbons (Fsp3) is 0.375. The Hall–Kier alpha value is -3.23. The zero-order valence-corrected chi connectivity index (χ0v) is 18.3. The number of nitrogens with zero attached hydrogens (tertiary/aromatic N) is 2. The van der Waals surface area contributed by atoms with E-state index in [4.69, 9.17) is 10.5 Å². The van der Waals surface area contributed by atoms with Crippen LogP contribution in [0.1, 0.15) is 41.7 Å². The van der Waals surface area contributed by atoms with Crippen LogP contribution in [-0.4, -0.2) is 46.5 Å². The van der Waals surface area contributed by atoms with Crippen molar-refractivity contribution in [2.45, 2.75) is 38.4 Å². The van der Waals surface area contributed by atoms with Gasteiger partial charge in [-0.2, -0.15) is 0 Å². The molecule has 168 valence electrons. The number of aromatic amines is 1. The Bertz CT molecular complexity index is 1260. The molecule has 1 aliphatic carbocycles. The van der Waals surface area contributed by atoms with Crippen LogP contribution in [-0.2, 0) is 11.3 Å². The summed E-state index contributed by atoms with van der Waals surface area (Å²) >= 11 is 0. The molecule has 4 rings (SSSR count). The first-order chi connectivity index (χ1) is 15.4. The predicted molar refractivity (Wildman–Crippen MR) is 124 cm³/mol. The maximum absolute atomic E-state index is 13.2. The van der Waals surface area contributed by atoms with Crippen molar-refractivity contribution in [2.24, 2.45) is 0 Å². The second-order valence-corrected chi connectivity index (χ2v) is 8.27. The first kappa shape index (κ1) is 22.0. The van der Waals surface area contributed by atoms with E-state index >= 15 is 0 Å². The molecule has 1 aliphatic rings. The minimum absolute atomic E-state index is 0.0178. The summed E-state index contributed by atoms with van der Waals surface area (Å²) in [6.07, 6.45) is 2.01. The van der Waals surface area contributed by atoms with Gasteiger partial charge in [-0.15, -0.1) is 0 Å². The SMILES string of the molecule is COCCn1c(N)c(C(=O)CN(C2CC2)C(C)c2ccc3ccccc3c2)c(=O)[nH]c1=O. The van der Waals surface area contributed by atoms with Crippen LogP contribution in [0.5, 0.6) is 0 Å². The van der Waals surface area contributed by atoms with Gasteiger partial charge in [-0.3, -0.25) is 24.0 Å². The largest absolute Gasteiger partial charge is 0.384 e. The summed E-state index contributed by atoms with van der Waals surface area (Å²) < 4.78 is 6.17. The third-order valence-corrected chi connectivity index (χ3v) is 6.13. The van der Waals surface area contributed by atoms with E-state index < -0.39 is 17.0 Å². The standard InChI is InChI=1S/C24H28N4O4/c1-15(17-8-7-16-5-3-4-6-18(16)13-17)28(19-9-10-19)14-20(29)21-22(25)27(11-12-32-2)24(31)26-23(21)30/h3-8,13,15,19H,9-12,14,25H2,1-2H3,(H,26,30,31). The number of aromatic nitrogens is 2. The molecule has 0 amide bonds. The topological polar surface area (TPSA) is 110 Å². The van der Waals surface area contributed by atoms with Gasteiger partial charge in [0.1, 0.15) is 11.4 Å². The average Bonchev–Trinajstić information content (AvgIpc) is 3.61. The lowest BCUT2D eigenvalue weighted by molar-refractivity contribution is 0.0886. The first-order valence-electron chi connectivity index (χ1n) is 10.8. The highest BCUT2D eigenvalue weighted by molar-refractivity contribution is 6.01. The Morgan fingerprint density at radius 3 is 2.62 bits per heavy atom. The summed E-state index contributed by atoms with van der Waals surface area (Å²) in [7, 11) is 1.50. The van der Waals surface area contributed by atoms with Gasteiger partial charge >= 0.3 is 5.69 Å². The number of hydrogen-bond donors (Lipinski definition) is 2. The van der Waals surface area contributed by atoms with Crippen molar-refractivity contribution in [2.75, 3.05) is 26.0 Å². The first-order valence-corrected chi connectivity index (χ1v) is 10.8. The maximum Gasteiger partial charge on any atom is 0.330 e. The lowest BCUT2D eigenvalue weighted by Crippen LogP contribution is -2.40. The summed E-state index contributed by atoms with van der Waals surface area (Å²) in [5.41, 5.74) is 5.63. The number of H-pyrrole nitrogens is 1. The quantitative estimate of drug-likeness (QED) is 0.498. The number of nitrogens with one attached hydrogen (secondary N) is 1. The molecular weight excluding hydrogens is 408 g/mol. The average molecular weight is 437 g/mol. The number of ketones is 1. The van der Waals surface area contributed by atoms with E-state index in [1.807, 2.05) is 12.1 Å². The number of hydrogen-bond acceptors (Lipinski definition) is 6. The molecule has 8 nitrogen and oxygen atoms in total. The second kappa shape index (κ2) is 9.10. The lowest BCUT2D eigenvalue weighted by atomic mass is 10.0. The molecule has 1 fully saturated rings. The summed E-state index contributed by atoms with van der Waals surface area (Å²) in [6, 6.07) is 14.7. The molecule has 3 aromatic rings. The summed E-state index contributed by atoms with van der Waals surface area (Å²) in [6.45, 7) is 2.51. The van der Waals surface area contributed by atoms with Crippen molar-refractivity contribution in [3.8, 4) is 0 Å². The Labute approximate surface area is 185 Å². The highest BCUT2D eigenvalue weighted by Gasteiger charge is 2.35. The fourth-order valence-corrected chi connectivity index (χ4v) is 4.15. The van der Waals surface area contributed by atoms with Gasteiger partial charge in [0.05, 0.1) is 19.7 Å². The van der Waals surface area contributed by atoms with E-state index in [2.05, 4.69) is 47.1 Å². The minimum atomic E-state index is -0.750. The molecular formula is C24H28N4O4. The van der Waals surface area contributed by atoms with Gasteiger partial charge in [-0.1, -0.05) is 36.4 Å². The third kappa shape index (κ3) is 4.37. The van der Waals surface area contributed by atoms with Crippen LogP contribution < -0.4 is 17.0 Å². The number of Topliss-reactive ketones (excluding diaryl/α,β-unsaturated/α-hetero) is 1. The minimum Gasteiger partial charge on any atom is -0.384 e. The van der Waals surface area contributed by atoms with Crippen molar-refractivity contribution in [3.05, 3.63) is 74.4 Å². The van der Waals surface area contributed by atoms with Gasteiger partial charge in [0.25, 0.3) is 5.56 Å². The van der Waals surface area contributed by atoms with Gasteiger partial charge in [-0.05, 0) is 42.2 Å². The monoisotopic (exact) mass is 436 g/mol. The fourth-order valence-electron chi connectivity index (χ4n) is 4.15. The maximum atomic E-state index is 13.2. The smallest absolute Gasteiger partial charge is 0.330 e. The van der Waals surface area contributed by atoms with Gasteiger partial charge in [0, 0.05) is 19.2 Å². The van der Waals surface area contributed by atoms with Crippen LogP contribution in [0.15, 0.2) is 52.1 Å². The molecule has 0 bridgehead atoms. The van der Waals surface area contributed by atoms with Crippen LogP contribution in [0.3, 0.4) is 0 Å². The molecule has 1 atom stereocenters. The Kier molecular flexibility index (Phi) is 6.25. The lowest BCUT2D eigenvalue weighted by Gasteiger charge is -2.29. The van der Waals surface area contributed by atoms with E-state index in [1.54, 1.807) is 0 Å². The molecule has 1 heterocycles. The van der Waals surface area contributed by atoms with Crippen LogP contribution in [0.2, 0.25) is 0 Å². The van der Waals surface area contributed by atoms with E-state index in [-0.39, 0.29) is 43.2 Å². The van der Waals surface area contributed by atoms with Crippen LogP contribution in [0.25, 0.3) is 10.8 Å². The molecule has 0 radical (unpaired) electrons. The van der Waals surface area contributed by atoms with Crippen molar-refractivity contribution in [1.29, 1.82) is 0 Å². The Morgan fingerprint density at radius 1 is 1.22 bits per heavy atom. The third-order valence-electron chi connectivity index (χ3n) is 6.13. The molecule has 1 unspecified atom stereocenters. The predicted octanol–water partition coefficient (Wildman–Crippen LogP) is 2.33. The molecule has 1 saturated carbocycles. The highest BCUT2D eigenvalue weighted by atomic mass is 16.5. The number of anilines is 1. The molecule has 0 aliphatic heterocycles. The summed E-state index contributed by atoms with van der Waals surface area (Å²) in [5, 5.41) is 2.31. The molecule has 8 heteroatoms. The van der Waals surface area contributed by atoms with Gasteiger partial charge in [0.2, 0.25) is 0 Å². The van der Waals surface area contributed by atoms with Crippen LogP contribution in [0, 0.1) is 0 Å². The normalized spacial score (nSPS) is 14.7. The molecule has 2 aromatic carbocycles. The number of nitrogen functional groups attached to an aromatic ring is 1. The van der Waals surface area contributed by atoms with Crippen LogP contribution in [0.4, 0.5) is 5.82 Å². The number of carbonyl (C=O) groups is 1. The Morgan fingerprint density at radius 2 is 1.94 bits per heavy atom. The Balaban J connectivity index is 1.63. The second-order valence-electron chi connectivity index (χ2n) is 8.27. The van der Waals surface area contributed by atoms with Gasteiger partial charge in [0.15, 0.2) is 5.78 Å². The van der Waals surface area contributed by atoms with Gasteiger partial charge in [-0.25, -0.2) is 4.79 Å². The number of rotatable bonds is 9. The van der Waals surface area contributed by atoms with Crippen LogP contribution >= 0.6 is 0 Å². The van der Waals surface area contributed by atoms with Crippen molar-refractivity contribution in [3.63, 3.8) is 0 Å². The van der Waals surface area contributed by atoms with E-state index in [0.29, 0.717) is 0 Å². The molecule has 1 aromatic heterocycles.